The molecule has 1 atom stereocenters. The molecule has 0 bridgehead atoms. The molecule has 0 aromatic heterocycles. The van der Waals surface area contributed by atoms with Gasteiger partial charge >= 0.3 is 0 Å². The quantitative estimate of drug-likeness (QED) is 0.728. The van der Waals surface area contributed by atoms with Crippen LogP contribution in [0.25, 0.3) is 0 Å². The second kappa shape index (κ2) is 4.76. The minimum absolute atomic E-state index is 0.0787. The fraction of sp³-hybridized carbons (Fsp3) is 0.533. The van der Waals surface area contributed by atoms with Crippen LogP contribution in [0.2, 0.25) is 0 Å². The number of hydrogen-bond donors (Lipinski definition) is 3. The second-order valence-electron chi connectivity index (χ2n) is 5.84. The van der Waals surface area contributed by atoms with E-state index in [1.807, 2.05) is 6.07 Å². The lowest BCUT2D eigenvalue weighted by atomic mass is 10.0. The predicted molar refractivity (Wildman–Crippen MR) is 78.2 cm³/mol. The number of anilines is 3. The van der Waals surface area contributed by atoms with Gasteiger partial charge in [-0.3, -0.25) is 4.79 Å². The highest BCUT2D eigenvalue weighted by atomic mass is 16.1. The Morgan fingerprint density at radius 3 is 2.95 bits per heavy atom. The Morgan fingerprint density at radius 1 is 1.42 bits per heavy atom. The summed E-state index contributed by atoms with van der Waals surface area (Å²) in [6, 6.07) is 3.96. The number of rotatable bonds is 4. The third kappa shape index (κ3) is 2.67. The number of benzene rings is 1. The molecule has 1 amide bonds. The molecule has 4 heteroatoms. The fourth-order valence-electron chi connectivity index (χ4n) is 2.70. The molecule has 0 radical (unpaired) electrons. The monoisotopic (exact) mass is 259 g/mol. The lowest BCUT2D eigenvalue weighted by Crippen LogP contribution is -2.20. The highest BCUT2D eigenvalue weighted by Gasteiger charge is 2.27. The molecule has 102 valence electrons. The van der Waals surface area contributed by atoms with E-state index in [1.165, 1.54) is 18.4 Å². The predicted octanol–water partition coefficient (Wildman–Crippen LogP) is 2.61. The van der Waals surface area contributed by atoms with Gasteiger partial charge in [0.05, 0.1) is 11.4 Å². The molecule has 0 saturated heterocycles. The van der Waals surface area contributed by atoms with E-state index in [9.17, 15) is 4.79 Å². The summed E-state index contributed by atoms with van der Waals surface area (Å²) in [4.78, 5) is 11.4. The van der Waals surface area contributed by atoms with Crippen LogP contribution in [0.1, 0.15) is 31.7 Å². The number of nitrogens with two attached hydrogens (primary N) is 1. The Bertz CT molecular complexity index is 508. The van der Waals surface area contributed by atoms with Crippen molar-refractivity contribution in [2.45, 2.75) is 32.6 Å². The highest BCUT2D eigenvalue weighted by molar-refractivity contribution is 5.95. The lowest BCUT2D eigenvalue weighted by molar-refractivity contribution is -0.116. The first kappa shape index (κ1) is 12.3. The Morgan fingerprint density at radius 2 is 2.21 bits per heavy atom. The molecule has 3 rings (SSSR count). The van der Waals surface area contributed by atoms with E-state index in [4.69, 9.17) is 5.73 Å². The zero-order valence-electron chi connectivity index (χ0n) is 11.3. The van der Waals surface area contributed by atoms with Crippen molar-refractivity contribution in [1.82, 2.24) is 0 Å². The molecule has 4 N–H and O–H groups in total. The van der Waals surface area contributed by atoms with E-state index in [2.05, 4.69) is 23.6 Å². The molecule has 1 aromatic rings. The van der Waals surface area contributed by atoms with Crippen LogP contribution in [0.15, 0.2) is 12.1 Å². The van der Waals surface area contributed by atoms with Gasteiger partial charge in [0.2, 0.25) is 5.91 Å². The zero-order valence-corrected chi connectivity index (χ0v) is 11.3. The fourth-order valence-corrected chi connectivity index (χ4v) is 2.70. The maximum absolute atomic E-state index is 11.4. The normalized spacial score (nSPS) is 19.5. The van der Waals surface area contributed by atoms with Crippen LogP contribution in [0.5, 0.6) is 0 Å². The van der Waals surface area contributed by atoms with E-state index in [-0.39, 0.29) is 5.91 Å². The molecule has 1 aliphatic carbocycles. The minimum atomic E-state index is 0.0787. The topological polar surface area (TPSA) is 67.2 Å². The third-order valence-corrected chi connectivity index (χ3v) is 4.21. The van der Waals surface area contributed by atoms with Crippen molar-refractivity contribution in [3.63, 3.8) is 0 Å². The molecule has 0 spiro atoms. The van der Waals surface area contributed by atoms with Crippen molar-refractivity contribution < 1.29 is 4.79 Å². The van der Waals surface area contributed by atoms with Gasteiger partial charge in [-0.05, 0) is 48.8 Å². The van der Waals surface area contributed by atoms with Gasteiger partial charge in [-0.2, -0.15) is 0 Å². The molecular formula is C15H21N3O. The van der Waals surface area contributed by atoms with E-state index in [1.54, 1.807) is 0 Å². The van der Waals surface area contributed by atoms with Gasteiger partial charge in [0.1, 0.15) is 0 Å². The van der Waals surface area contributed by atoms with Gasteiger partial charge in [-0.1, -0.05) is 6.92 Å². The average molecular weight is 259 g/mol. The number of nitrogen functional groups attached to an aromatic ring is 1. The first-order chi connectivity index (χ1) is 9.13. The molecule has 1 unspecified atom stereocenters. The Hall–Kier alpha value is -1.71. The van der Waals surface area contributed by atoms with Crippen LogP contribution in [0.3, 0.4) is 0 Å². The summed E-state index contributed by atoms with van der Waals surface area (Å²) in [5.74, 6) is 1.68. The summed E-state index contributed by atoms with van der Waals surface area (Å²) in [5, 5.41) is 6.33. The largest absolute Gasteiger partial charge is 0.397 e. The van der Waals surface area contributed by atoms with Crippen molar-refractivity contribution in [2.75, 3.05) is 22.9 Å². The van der Waals surface area contributed by atoms with Crippen molar-refractivity contribution in [3.05, 3.63) is 17.7 Å². The Balaban J connectivity index is 1.72. The molecule has 1 fully saturated rings. The van der Waals surface area contributed by atoms with Gasteiger partial charge < -0.3 is 16.4 Å². The molecule has 1 heterocycles. The molecule has 19 heavy (non-hydrogen) atoms. The molecule has 1 aromatic carbocycles. The maximum atomic E-state index is 11.4. The molecule has 4 nitrogen and oxygen atoms in total. The van der Waals surface area contributed by atoms with Crippen LogP contribution in [0.4, 0.5) is 17.1 Å². The van der Waals surface area contributed by atoms with Crippen LogP contribution in [0, 0.1) is 11.8 Å². The molecule has 1 saturated carbocycles. The Kier molecular flexibility index (Phi) is 3.09. The standard InChI is InChI=1S/C15H21N3O/c1-9(10-2-3-10)8-17-14-6-11-4-5-15(19)18-13(11)7-12(14)16/h6-7,9-10,17H,2-5,8,16H2,1H3,(H,18,19). The first-order valence-corrected chi connectivity index (χ1v) is 7.09. The van der Waals surface area contributed by atoms with E-state index < -0.39 is 0 Å². The summed E-state index contributed by atoms with van der Waals surface area (Å²) >= 11 is 0. The van der Waals surface area contributed by atoms with Crippen LogP contribution in [-0.2, 0) is 11.2 Å². The van der Waals surface area contributed by atoms with Gasteiger partial charge in [0, 0.05) is 18.7 Å². The van der Waals surface area contributed by atoms with E-state index >= 15 is 0 Å². The zero-order chi connectivity index (χ0) is 13.4. The smallest absolute Gasteiger partial charge is 0.224 e. The van der Waals surface area contributed by atoms with E-state index in [0.29, 0.717) is 18.0 Å². The lowest BCUT2D eigenvalue weighted by Gasteiger charge is -2.20. The Labute approximate surface area is 113 Å². The van der Waals surface area contributed by atoms with Gasteiger partial charge in [-0.25, -0.2) is 0 Å². The summed E-state index contributed by atoms with van der Waals surface area (Å²) in [7, 11) is 0. The van der Waals surface area contributed by atoms with E-state index in [0.717, 1.165) is 30.3 Å². The average Bonchev–Trinajstić information content (AvgIpc) is 3.20. The summed E-state index contributed by atoms with van der Waals surface area (Å²) in [6.45, 7) is 3.26. The van der Waals surface area contributed by atoms with Gasteiger partial charge in [0.25, 0.3) is 0 Å². The SMILES string of the molecule is CC(CNc1cc2c(cc1N)NC(=O)CC2)C1CC1. The van der Waals surface area contributed by atoms with Gasteiger partial charge in [-0.15, -0.1) is 0 Å². The molecule has 2 aliphatic rings. The van der Waals surface area contributed by atoms with Crippen LogP contribution in [-0.4, -0.2) is 12.5 Å². The second-order valence-corrected chi connectivity index (χ2v) is 5.84. The summed E-state index contributed by atoms with van der Waals surface area (Å²) in [6.07, 6.45) is 4.10. The number of amides is 1. The highest BCUT2D eigenvalue weighted by Crippen LogP contribution is 2.37. The number of nitrogens with one attached hydrogen (secondary N) is 2. The summed E-state index contributed by atoms with van der Waals surface area (Å²) in [5.41, 5.74) is 9.81. The molecular weight excluding hydrogens is 238 g/mol. The summed E-state index contributed by atoms with van der Waals surface area (Å²) < 4.78 is 0. The number of fused-ring (bicyclic) bond motifs is 1. The first-order valence-electron chi connectivity index (χ1n) is 7.09. The number of hydrogen-bond acceptors (Lipinski definition) is 3. The third-order valence-electron chi connectivity index (χ3n) is 4.21. The van der Waals surface area contributed by atoms with Crippen molar-refractivity contribution in [1.29, 1.82) is 0 Å². The minimum Gasteiger partial charge on any atom is -0.397 e. The maximum Gasteiger partial charge on any atom is 0.224 e. The van der Waals surface area contributed by atoms with Crippen molar-refractivity contribution in [3.8, 4) is 0 Å². The van der Waals surface area contributed by atoms with Crippen molar-refractivity contribution >= 4 is 23.0 Å². The number of carbonyl (C=O) groups excluding carboxylic acids is 1. The van der Waals surface area contributed by atoms with Crippen molar-refractivity contribution in [2.24, 2.45) is 11.8 Å². The van der Waals surface area contributed by atoms with Gasteiger partial charge in [0.15, 0.2) is 0 Å². The molecule has 1 aliphatic heterocycles. The van der Waals surface area contributed by atoms with Crippen LogP contribution < -0.4 is 16.4 Å². The number of carbonyl (C=O) groups is 1. The van der Waals surface area contributed by atoms with Crippen LogP contribution >= 0.6 is 0 Å². The number of aryl methyl sites for hydroxylation is 1.